The van der Waals surface area contributed by atoms with Crippen LogP contribution in [-0.4, -0.2) is 30.0 Å². The minimum Gasteiger partial charge on any atom is -0.507 e. The summed E-state index contributed by atoms with van der Waals surface area (Å²) in [4.78, 5) is 0. The molecule has 1 aromatic rings. The van der Waals surface area contributed by atoms with Crippen LogP contribution in [0.1, 0.15) is 31.9 Å². The van der Waals surface area contributed by atoms with Gasteiger partial charge in [-0.3, -0.25) is 0 Å². The molecule has 0 radical (unpaired) electrons. The van der Waals surface area contributed by atoms with Crippen LogP contribution in [0.2, 0.25) is 0 Å². The fourth-order valence-electron chi connectivity index (χ4n) is 1.81. The van der Waals surface area contributed by atoms with Crippen molar-refractivity contribution in [1.82, 2.24) is 5.32 Å². The van der Waals surface area contributed by atoms with E-state index in [1.165, 1.54) is 0 Å². The highest BCUT2D eigenvalue weighted by Gasteiger charge is 2.13. The van der Waals surface area contributed by atoms with Gasteiger partial charge in [0, 0.05) is 30.3 Å². The quantitative estimate of drug-likeness (QED) is 0.708. The summed E-state index contributed by atoms with van der Waals surface area (Å²) in [5.41, 5.74) is 0.829. The molecule has 0 aliphatic rings. The lowest BCUT2D eigenvalue weighted by atomic mass is 10.1. The number of nitrogens with one attached hydrogen (secondary N) is 1. The normalized spacial score (nSPS) is 14.4. The van der Waals surface area contributed by atoms with E-state index in [0.717, 1.165) is 5.56 Å². The molecule has 0 aliphatic carbocycles. The Morgan fingerprint density at radius 1 is 1.35 bits per heavy atom. The average Bonchev–Trinajstić information content (AvgIpc) is 2.28. The van der Waals surface area contributed by atoms with Crippen LogP contribution in [0.3, 0.4) is 0 Å². The smallest absolute Gasteiger partial charge is 0.124 e. The Kier molecular flexibility index (Phi) is 5.25. The number of benzene rings is 1. The van der Waals surface area contributed by atoms with E-state index in [2.05, 4.69) is 5.32 Å². The standard InChI is InChI=1S/C13H21NO3/c1-9(6-7-15)14-10(2)12-5-4-11(17-3)8-13(12)16/h4-5,8-10,14-16H,6-7H2,1-3H3. The lowest BCUT2D eigenvalue weighted by Crippen LogP contribution is -2.29. The van der Waals surface area contributed by atoms with Gasteiger partial charge in [-0.1, -0.05) is 6.07 Å². The highest BCUT2D eigenvalue weighted by Crippen LogP contribution is 2.28. The molecule has 0 amide bonds. The zero-order valence-corrected chi connectivity index (χ0v) is 10.6. The van der Waals surface area contributed by atoms with Crippen molar-refractivity contribution in [3.63, 3.8) is 0 Å². The molecule has 0 saturated heterocycles. The zero-order valence-electron chi connectivity index (χ0n) is 10.6. The van der Waals surface area contributed by atoms with Crippen LogP contribution >= 0.6 is 0 Å². The molecule has 1 aromatic carbocycles. The predicted octanol–water partition coefficient (Wildman–Crippen LogP) is 1.82. The van der Waals surface area contributed by atoms with Gasteiger partial charge in [0.2, 0.25) is 0 Å². The third-order valence-electron chi connectivity index (χ3n) is 2.80. The van der Waals surface area contributed by atoms with Crippen LogP contribution in [0.4, 0.5) is 0 Å². The Bertz CT molecular complexity index is 355. The molecule has 0 fully saturated rings. The van der Waals surface area contributed by atoms with Crippen LogP contribution in [0.5, 0.6) is 11.5 Å². The van der Waals surface area contributed by atoms with Gasteiger partial charge in [0.15, 0.2) is 0 Å². The maximum Gasteiger partial charge on any atom is 0.124 e. The number of ether oxygens (including phenoxy) is 1. The number of phenolic OH excluding ortho intramolecular Hbond substituents is 1. The monoisotopic (exact) mass is 239 g/mol. The lowest BCUT2D eigenvalue weighted by Gasteiger charge is -2.20. The highest BCUT2D eigenvalue weighted by atomic mass is 16.5. The number of aliphatic hydroxyl groups excluding tert-OH is 1. The van der Waals surface area contributed by atoms with Crippen molar-refractivity contribution in [2.75, 3.05) is 13.7 Å². The van der Waals surface area contributed by atoms with E-state index in [4.69, 9.17) is 9.84 Å². The minimum atomic E-state index is 0.0301. The Hall–Kier alpha value is -1.26. The molecule has 1 rings (SSSR count). The number of aliphatic hydroxyl groups is 1. The first-order valence-corrected chi connectivity index (χ1v) is 5.82. The van der Waals surface area contributed by atoms with Crippen molar-refractivity contribution in [1.29, 1.82) is 0 Å². The molecule has 2 unspecified atom stereocenters. The molecule has 17 heavy (non-hydrogen) atoms. The van der Waals surface area contributed by atoms with E-state index in [0.29, 0.717) is 12.2 Å². The fraction of sp³-hybridized carbons (Fsp3) is 0.538. The van der Waals surface area contributed by atoms with Gasteiger partial charge in [-0.25, -0.2) is 0 Å². The topological polar surface area (TPSA) is 61.7 Å². The first kappa shape index (κ1) is 13.8. The summed E-state index contributed by atoms with van der Waals surface area (Å²) in [7, 11) is 1.57. The molecule has 0 bridgehead atoms. The largest absolute Gasteiger partial charge is 0.507 e. The molecule has 3 N–H and O–H groups in total. The van der Waals surface area contributed by atoms with E-state index in [1.54, 1.807) is 13.2 Å². The van der Waals surface area contributed by atoms with Crippen LogP contribution < -0.4 is 10.1 Å². The highest BCUT2D eigenvalue weighted by molar-refractivity contribution is 5.41. The average molecular weight is 239 g/mol. The predicted molar refractivity (Wildman–Crippen MR) is 67.4 cm³/mol. The van der Waals surface area contributed by atoms with Crippen LogP contribution in [0.15, 0.2) is 18.2 Å². The molecule has 4 heteroatoms. The summed E-state index contributed by atoms with van der Waals surface area (Å²) in [6.07, 6.45) is 0.696. The molecule has 96 valence electrons. The van der Waals surface area contributed by atoms with Gasteiger partial charge >= 0.3 is 0 Å². The molecule has 0 aliphatic heterocycles. The van der Waals surface area contributed by atoms with Gasteiger partial charge in [0.1, 0.15) is 11.5 Å². The van der Waals surface area contributed by atoms with Crippen molar-refractivity contribution in [3.05, 3.63) is 23.8 Å². The third-order valence-corrected chi connectivity index (χ3v) is 2.80. The van der Waals surface area contributed by atoms with Crippen LogP contribution in [-0.2, 0) is 0 Å². The van der Waals surface area contributed by atoms with E-state index < -0.39 is 0 Å². The van der Waals surface area contributed by atoms with Crippen LogP contribution in [0, 0.1) is 0 Å². The summed E-state index contributed by atoms with van der Waals surface area (Å²) in [5, 5.41) is 22.0. The van der Waals surface area contributed by atoms with Crippen molar-refractivity contribution < 1.29 is 14.9 Å². The van der Waals surface area contributed by atoms with E-state index in [-0.39, 0.29) is 24.4 Å². The third kappa shape index (κ3) is 3.91. The van der Waals surface area contributed by atoms with Gasteiger partial charge in [-0.2, -0.15) is 0 Å². The van der Waals surface area contributed by atoms with Crippen molar-refractivity contribution in [3.8, 4) is 11.5 Å². The fourth-order valence-corrected chi connectivity index (χ4v) is 1.81. The van der Waals surface area contributed by atoms with E-state index in [1.807, 2.05) is 26.0 Å². The first-order chi connectivity index (χ1) is 8.08. The maximum absolute atomic E-state index is 9.87. The number of aromatic hydroxyl groups is 1. The van der Waals surface area contributed by atoms with Crippen molar-refractivity contribution >= 4 is 0 Å². The first-order valence-electron chi connectivity index (χ1n) is 5.82. The maximum atomic E-state index is 9.87. The molecule has 0 aromatic heterocycles. The molecule has 4 nitrogen and oxygen atoms in total. The Morgan fingerprint density at radius 2 is 2.06 bits per heavy atom. The molecule has 0 heterocycles. The van der Waals surface area contributed by atoms with Gasteiger partial charge in [0.25, 0.3) is 0 Å². The van der Waals surface area contributed by atoms with Gasteiger partial charge in [0.05, 0.1) is 7.11 Å². The Balaban J connectivity index is 2.71. The van der Waals surface area contributed by atoms with Gasteiger partial charge in [-0.05, 0) is 26.3 Å². The number of phenols is 1. The Morgan fingerprint density at radius 3 is 2.59 bits per heavy atom. The Labute approximate surface area is 102 Å². The van der Waals surface area contributed by atoms with Crippen molar-refractivity contribution in [2.45, 2.75) is 32.4 Å². The second-order valence-electron chi connectivity index (χ2n) is 4.23. The summed E-state index contributed by atoms with van der Waals surface area (Å²) < 4.78 is 5.04. The molecule has 2 atom stereocenters. The van der Waals surface area contributed by atoms with Crippen LogP contribution in [0.25, 0.3) is 0 Å². The lowest BCUT2D eigenvalue weighted by molar-refractivity contribution is 0.264. The van der Waals surface area contributed by atoms with Crippen molar-refractivity contribution in [2.24, 2.45) is 0 Å². The second kappa shape index (κ2) is 6.47. The number of methoxy groups -OCH3 is 1. The molecule has 0 saturated carbocycles. The summed E-state index contributed by atoms with van der Waals surface area (Å²) in [5.74, 6) is 0.863. The van der Waals surface area contributed by atoms with Gasteiger partial charge < -0.3 is 20.3 Å². The molecular formula is C13H21NO3. The summed E-state index contributed by atoms with van der Waals surface area (Å²) >= 11 is 0. The van der Waals surface area contributed by atoms with E-state index >= 15 is 0 Å². The van der Waals surface area contributed by atoms with E-state index in [9.17, 15) is 5.11 Å². The zero-order chi connectivity index (χ0) is 12.8. The number of hydrogen-bond acceptors (Lipinski definition) is 4. The minimum absolute atomic E-state index is 0.0301. The SMILES string of the molecule is COc1ccc(C(C)NC(C)CCO)c(O)c1. The van der Waals surface area contributed by atoms with Gasteiger partial charge in [-0.15, -0.1) is 0 Å². The number of rotatable bonds is 6. The number of hydrogen-bond donors (Lipinski definition) is 3. The second-order valence-corrected chi connectivity index (χ2v) is 4.23. The summed E-state index contributed by atoms with van der Waals surface area (Å²) in [6.45, 7) is 4.15. The molecular weight excluding hydrogens is 218 g/mol. The molecule has 0 spiro atoms. The summed E-state index contributed by atoms with van der Waals surface area (Å²) in [6, 6.07) is 5.50.